The van der Waals surface area contributed by atoms with E-state index in [-0.39, 0.29) is 56.0 Å². The van der Waals surface area contributed by atoms with Gasteiger partial charge in [-0.15, -0.1) is 0 Å². The minimum atomic E-state index is -1.99. The Morgan fingerprint density at radius 3 is 2.31 bits per heavy atom. The van der Waals surface area contributed by atoms with Crippen molar-refractivity contribution in [1.29, 1.82) is 0 Å². The lowest BCUT2D eigenvalue weighted by Crippen LogP contribution is -2.58. The summed E-state index contributed by atoms with van der Waals surface area (Å²) in [5.74, 6) is -6.34. The third-order valence-electron chi connectivity index (χ3n) is 11.0. The Balaban J connectivity index is 1.15. The number of hydrogen-bond donors (Lipinski definition) is 7. The Labute approximate surface area is 373 Å². The molecule has 7 N–H and O–H groups in total. The number of aryl methyl sites for hydroxylation is 1. The molecule has 0 unspecified atom stereocenters. The number of pyridine rings is 2. The number of alkyl carbamates (subject to hydrolysis) is 1. The van der Waals surface area contributed by atoms with Gasteiger partial charge in [0.15, 0.2) is 17.2 Å². The van der Waals surface area contributed by atoms with E-state index < -0.39 is 101 Å². The lowest BCUT2D eigenvalue weighted by atomic mass is 9.86. The number of esters is 1. The van der Waals surface area contributed by atoms with Crippen LogP contribution < -0.4 is 36.9 Å². The Kier molecular flexibility index (Phi) is 15.2. The number of rotatable bonds is 18. The number of cyclic esters (lactones) is 1. The van der Waals surface area contributed by atoms with Crippen molar-refractivity contribution in [2.45, 2.75) is 124 Å². The predicted octanol–water partition coefficient (Wildman–Crippen LogP) is 1.80. The van der Waals surface area contributed by atoms with Crippen LogP contribution in [-0.4, -0.2) is 105 Å². The number of aliphatic carboxylic acids is 1. The summed E-state index contributed by atoms with van der Waals surface area (Å²) in [4.78, 5) is 106. The van der Waals surface area contributed by atoms with Crippen molar-refractivity contribution in [1.82, 2.24) is 36.1 Å². The molecule has 2 aliphatic heterocycles. The van der Waals surface area contributed by atoms with Crippen molar-refractivity contribution in [3.05, 3.63) is 56.6 Å². The number of fused-ring (bicyclic) bond motifs is 5. The van der Waals surface area contributed by atoms with Crippen LogP contribution in [0.2, 0.25) is 0 Å². The highest BCUT2D eigenvalue weighted by Gasteiger charge is 2.45. The van der Waals surface area contributed by atoms with Gasteiger partial charge in [-0.05, 0) is 70.6 Å². The van der Waals surface area contributed by atoms with Crippen LogP contribution in [0.1, 0.15) is 96.9 Å². The smallest absolute Gasteiger partial charge is 0.408 e. The van der Waals surface area contributed by atoms with Crippen molar-refractivity contribution >= 4 is 52.6 Å². The number of carbonyl (C=O) groups is 7. The van der Waals surface area contributed by atoms with Gasteiger partial charge in [-0.3, -0.25) is 28.8 Å². The van der Waals surface area contributed by atoms with Gasteiger partial charge in [-0.25, -0.2) is 19.0 Å². The monoisotopic (exact) mass is 909 g/mol. The first-order valence-corrected chi connectivity index (χ1v) is 21.3. The van der Waals surface area contributed by atoms with Crippen molar-refractivity contribution < 1.29 is 62.4 Å². The van der Waals surface area contributed by atoms with Crippen LogP contribution in [-0.2, 0) is 63.4 Å². The maximum Gasteiger partial charge on any atom is 0.408 e. The van der Waals surface area contributed by atoms with Crippen LogP contribution in [0.25, 0.3) is 22.3 Å². The maximum absolute atomic E-state index is 15.5. The van der Waals surface area contributed by atoms with Crippen LogP contribution in [0.3, 0.4) is 0 Å². The average Bonchev–Trinajstić information content (AvgIpc) is 3.60. The Bertz CT molecular complexity index is 2470. The summed E-state index contributed by atoms with van der Waals surface area (Å²) in [5, 5.41) is 33.2. The SMILES string of the molecule is CCc1c2c(nc3cc(F)c(OCCNC(=O)CNC(=O)[C@H](C)NC(=O)[C@@H](NC(=O)[C@H](CCC(=O)O)NC(=O)OC(C)(C)C)C(C)C)cc13)-c1cc3c(c(=O)n1C2)COC(=O)[C@]3(O)CC. The second kappa shape index (κ2) is 20.0. The van der Waals surface area contributed by atoms with Crippen LogP contribution in [0, 0.1) is 11.7 Å². The number of carboxylic acid groups (broad SMARTS) is 1. The van der Waals surface area contributed by atoms with E-state index >= 15 is 4.39 Å². The fraction of sp³-hybridized carbons (Fsp3) is 0.523. The summed E-state index contributed by atoms with van der Waals surface area (Å²) in [6.07, 6.45) is -1.24. The molecule has 21 heteroatoms. The van der Waals surface area contributed by atoms with Gasteiger partial charge in [-0.2, -0.15) is 0 Å². The number of carboxylic acids is 1. The topological polar surface area (TPSA) is 283 Å². The summed E-state index contributed by atoms with van der Waals surface area (Å²) >= 11 is 0. The number of carbonyl (C=O) groups excluding carboxylic acids is 6. The second-order valence-corrected chi connectivity index (χ2v) is 17.2. The zero-order chi connectivity index (χ0) is 48.1. The van der Waals surface area contributed by atoms with Gasteiger partial charge in [0.1, 0.15) is 36.9 Å². The highest BCUT2D eigenvalue weighted by molar-refractivity contribution is 5.95. The van der Waals surface area contributed by atoms with E-state index in [4.69, 9.17) is 24.3 Å². The maximum atomic E-state index is 15.5. The number of amides is 5. The van der Waals surface area contributed by atoms with Crippen LogP contribution >= 0.6 is 0 Å². The normalized spacial score (nSPS) is 16.5. The molecule has 2 aromatic heterocycles. The minimum Gasteiger partial charge on any atom is -0.489 e. The summed E-state index contributed by atoms with van der Waals surface area (Å²) in [5.41, 5.74) is -0.314. The number of nitrogens with zero attached hydrogens (tertiary/aromatic N) is 2. The number of ether oxygens (including phenoxy) is 3. The van der Waals surface area contributed by atoms with Gasteiger partial charge in [0.05, 0.1) is 42.1 Å². The third kappa shape index (κ3) is 11.2. The first-order chi connectivity index (χ1) is 30.5. The van der Waals surface area contributed by atoms with Crippen LogP contribution in [0.15, 0.2) is 23.0 Å². The summed E-state index contributed by atoms with van der Waals surface area (Å²) < 4.78 is 33.0. The molecule has 3 aromatic rings. The van der Waals surface area contributed by atoms with E-state index in [0.717, 1.165) is 11.1 Å². The Morgan fingerprint density at radius 2 is 1.68 bits per heavy atom. The van der Waals surface area contributed by atoms with E-state index in [2.05, 4.69) is 26.6 Å². The van der Waals surface area contributed by atoms with Gasteiger partial charge in [-0.1, -0.05) is 27.7 Å². The molecule has 0 saturated carbocycles. The molecule has 20 nitrogen and oxygen atoms in total. The standard InChI is InChI=1S/C44H56FN7O13/c1-9-23-24-15-32(28(45)17-30(24)49-36-25(23)19-52-31(36)16-27-26(40(52)59)20-64-41(60)44(27,62)10-2)63-14-13-46-33(53)18-47-37(56)22(5)48-39(58)35(21(3)4)51-38(57)29(11-12-34(54)55)50-42(61)65-43(6,7)8/h15-17,21-22,29,35,62H,9-14,18-20H2,1-8H3,(H,46,53)(H,47,56)(H,48,58)(H,50,61)(H,51,57)(H,54,55)/t22-,29-,35-,44-/m0/s1. The highest BCUT2D eigenvalue weighted by Crippen LogP contribution is 2.41. The van der Waals surface area contributed by atoms with Gasteiger partial charge in [0.25, 0.3) is 5.56 Å². The molecule has 5 rings (SSSR count). The van der Waals surface area contributed by atoms with Crippen LogP contribution in [0.5, 0.6) is 5.75 Å². The zero-order valence-electron chi connectivity index (χ0n) is 37.6. The molecule has 5 amide bonds. The molecule has 0 radical (unpaired) electrons. The lowest BCUT2D eigenvalue weighted by molar-refractivity contribution is -0.172. The number of aromatic nitrogens is 2. The molecule has 4 heterocycles. The second-order valence-electron chi connectivity index (χ2n) is 17.2. The number of nitrogens with one attached hydrogen (secondary N) is 5. The lowest BCUT2D eigenvalue weighted by Gasteiger charge is -2.31. The van der Waals surface area contributed by atoms with Crippen molar-refractivity contribution in [3.63, 3.8) is 0 Å². The van der Waals surface area contributed by atoms with Crippen LogP contribution in [0.4, 0.5) is 9.18 Å². The van der Waals surface area contributed by atoms with E-state index in [1.807, 2.05) is 6.92 Å². The van der Waals surface area contributed by atoms with Crippen molar-refractivity contribution in [3.8, 4) is 17.1 Å². The molecule has 0 bridgehead atoms. The molecular weight excluding hydrogens is 854 g/mol. The molecule has 1 aromatic carbocycles. The molecule has 0 saturated heterocycles. The number of hydrogen-bond acceptors (Lipinski definition) is 13. The number of benzene rings is 1. The summed E-state index contributed by atoms with van der Waals surface area (Å²) in [6.45, 7) is 12.1. The molecule has 0 fully saturated rings. The highest BCUT2D eigenvalue weighted by atomic mass is 19.1. The molecule has 0 spiro atoms. The fourth-order valence-electron chi connectivity index (χ4n) is 7.56. The van der Waals surface area contributed by atoms with Crippen molar-refractivity contribution in [2.24, 2.45) is 5.92 Å². The summed E-state index contributed by atoms with van der Waals surface area (Å²) in [6, 6.07) is 0.580. The summed E-state index contributed by atoms with van der Waals surface area (Å²) in [7, 11) is 0. The molecule has 4 atom stereocenters. The predicted molar refractivity (Wildman–Crippen MR) is 230 cm³/mol. The Morgan fingerprint density at radius 1 is 0.969 bits per heavy atom. The van der Waals surface area contributed by atoms with Crippen molar-refractivity contribution in [2.75, 3.05) is 19.7 Å². The number of halogens is 1. The van der Waals surface area contributed by atoms with Gasteiger partial charge >= 0.3 is 18.0 Å². The first-order valence-electron chi connectivity index (χ1n) is 21.3. The van der Waals surface area contributed by atoms with Gasteiger partial charge in [0, 0.05) is 29.0 Å². The van der Waals surface area contributed by atoms with E-state index in [0.29, 0.717) is 28.7 Å². The molecule has 65 heavy (non-hydrogen) atoms. The molecular formula is C44H56FN7O13. The third-order valence-corrected chi connectivity index (χ3v) is 11.0. The molecule has 352 valence electrons. The van der Waals surface area contributed by atoms with E-state index in [1.165, 1.54) is 23.6 Å². The van der Waals surface area contributed by atoms with Gasteiger partial charge in [0.2, 0.25) is 23.6 Å². The number of aliphatic hydroxyl groups is 1. The zero-order valence-corrected chi connectivity index (χ0v) is 37.6. The van der Waals surface area contributed by atoms with Gasteiger partial charge < -0.3 is 55.6 Å². The molecule has 2 aliphatic rings. The minimum absolute atomic E-state index is 0.0118. The quantitative estimate of drug-likeness (QED) is 0.0554. The largest absolute Gasteiger partial charge is 0.489 e. The average molecular weight is 910 g/mol. The molecule has 0 aliphatic carbocycles. The Hall–Kier alpha value is -6.64. The fourth-order valence-corrected chi connectivity index (χ4v) is 7.56. The van der Waals surface area contributed by atoms with E-state index in [1.54, 1.807) is 47.6 Å². The van der Waals surface area contributed by atoms with E-state index in [9.17, 15) is 43.5 Å². The first kappa shape index (κ1) is 49.4.